The molecule has 0 N–H and O–H groups in total. The number of amides is 1. The molecule has 1 aliphatic carbocycles. The zero-order chi connectivity index (χ0) is 17.3. The van der Waals surface area contributed by atoms with Gasteiger partial charge in [-0.3, -0.25) is 4.79 Å². The lowest BCUT2D eigenvalue weighted by Gasteiger charge is -2.32. The van der Waals surface area contributed by atoms with E-state index < -0.39 is 0 Å². The first-order chi connectivity index (χ1) is 11.5. The molecular weight excluding hydrogens is 322 g/mol. The molecule has 0 aliphatic heterocycles. The molecule has 1 atom stereocenters. The minimum atomic E-state index is -0.198. The Morgan fingerprint density at radius 3 is 2.71 bits per heavy atom. The summed E-state index contributed by atoms with van der Waals surface area (Å²) in [6.45, 7) is 5.86. The smallest absolute Gasteiger partial charge is 0.253 e. The molecule has 130 valence electrons. The van der Waals surface area contributed by atoms with Crippen LogP contribution in [-0.4, -0.2) is 48.7 Å². The van der Waals surface area contributed by atoms with Gasteiger partial charge in [-0.15, -0.1) is 5.10 Å². The second-order valence-electron chi connectivity index (χ2n) is 6.65. The summed E-state index contributed by atoms with van der Waals surface area (Å²) in [5.74, 6) is 0.752. The molecule has 0 saturated heterocycles. The Balaban J connectivity index is 1.70. The van der Waals surface area contributed by atoms with Gasteiger partial charge in [0.1, 0.15) is 0 Å². The van der Waals surface area contributed by atoms with Crippen molar-refractivity contribution in [2.45, 2.75) is 69.3 Å². The molecule has 3 rings (SSSR count). The number of hydrogen-bond donors (Lipinski definition) is 0. The monoisotopic (exact) mass is 347 g/mol. The van der Waals surface area contributed by atoms with Crippen LogP contribution in [0.4, 0.5) is 0 Å². The first kappa shape index (κ1) is 17.2. The molecule has 1 fully saturated rings. The highest BCUT2D eigenvalue weighted by Gasteiger charge is 2.27. The summed E-state index contributed by atoms with van der Waals surface area (Å²) in [7, 11) is 1.93. The van der Waals surface area contributed by atoms with Crippen LogP contribution in [0.1, 0.15) is 50.4 Å². The van der Waals surface area contributed by atoms with Crippen molar-refractivity contribution in [3.8, 4) is 0 Å². The van der Waals surface area contributed by atoms with Gasteiger partial charge < -0.3 is 4.90 Å². The third kappa shape index (κ3) is 3.55. The van der Waals surface area contributed by atoms with E-state index in [4.69, 9.17) is 0 Å². The van der Waals surface area contributed by atoms with Crippen LogP contribution in [0.15, 0.2) is 11.2 Å². The Morgan fingerprint density at radius 2 is 2.00 bits per heavy atom. The highest BCUT2D eigenvalue weighted by molar-refractivity contribution is 8.00. The van der Waals surface area contributed by atoms with E-state index in [1.807, 2.05) is 38.8 Å². The van der Waals surface area contributed by atoms with Gasteiger partial charge in [-0.25, -0.2) is 9.50 Å². The Bertz CT molecular complexity index is 738. The number of aryl methyl sites for hydroxylation is 2. The van der Waals surface area contributed by atoms with E-state index in [2.05, 4.69) is 15.1 Å². The molecule has 2 aromatic heterocycles. The van der Waals surface area contributed by atoms with E-state index in [-0.39, 0.29) is 11.2 Å². The van der Waals surface area contributed by atoms with Crippen LogP contribution in [0.3, 0.4) is 0 Å². The first-order valence-electron chi connectivity index (χ1n) is 8.60. The summed E-state index contributed by atoms with van der Waals surface area (Å²) in [4.78, 5) is 23.5. The zero-order valence-electron chi connectivity index (χ0n) is 14.8. The molecule has 7 heteroatoms. The van der Waals surface area contributed by atoms with E-state index >= 15 is 0 Å². The summed E-state index contributed by atoms with van der Waals surface area (Å²) in [6.07, 6.45) is 5.98. The lowest BCUT2D eigenvalue weighted by Crippen LogP contribution is -2.42. The fraction of sp³-hybridized carbons (Fsp3) is 0.647. The molecule has 6 nitrogen and oxygen atoms in total. The lowest BCUT2D eigenvalue weighted by atomic mass is 9.94. The summed E-state index contributed by atoms with van der Waals surface area (Å²) < 4.78 is 1.73. The Morgan fingerprint density at radius 1 is 1.29 bits per heavy atom. The number of aromatic nitrogens is 4. The van der Waals surface area contributed by atoms with Crippen LogP contribution in [0.25, 0.3) is 5.78 Å². The van der Waals surface area contributed by atoms with Gasteiger partial charge in [-0.2, -0.15) is 4.98 Å². The van der Waals surface area contributed by atoms with Crippen molar-refractivity contribution >= 4 is 23.4 Å². The van der Waals surface area contributed by atoms with Crippen LogP contribution in [-0.2, 0) is 4.79 Å². The van der Waals surface area contributed by atoms with Gasteiger partial charge in [-0.05, 0) is 39.7 Å². The van der Waals surface area contributed by atoms with Gasteiger partial charge in [-0.1, -0.05) is 31.0 Å². The van der Waals surface area contributed by atoms with Gasteiger partial charge in [0, 0.05) is 24.5 Å². The van der Waals surface area contributed by atoms with Crippen molar-refractivity contribution in [2.75, 3.05) is 7.05 Å². The predicted octanol–water partition coefficient (Wildman–Crippen LogP) is 3.01. The predicted molar refractivity (Wildman–Crippen MR) is 95.2 cm³/mol. The summed E-state index contributed by atoms with van der Waals surface area (Å²) >= 11 is 1.41. The van der Waals surface area contributed by atoms with Gasteiger partial charge >= 0.3 is 0 Å². The molecule has 2 heterocycles. The van der Waals surface area contributed by atoms with Crippen LogP contribution in [0, 0.1) is 13.8 Å². The van der Waals surface area contributed by atoms with Crippen LogP contribution < -0.4 is 0 Å². The molecule has 0 aromatic carbocycles. The SMILES string of the molecule is Cc1cc(C)n2nc(S[C@H](C)C(=O)N(C)C3CCCCC3)nc2n1. The maximum Gasteiger partial charge on any atom is 0.253 e. The Labute approximate surface area is 147 Å². The molecule has 0 unspecified atom stereocenters. The standard InChI is InChI=1S/C17H25N5OS/c1-11-10-12(2)22-16(18-11)19-17(20-22)24-13(3)15(23)21(4)14-8-6-5-7-9-14/h10,13-14H,5-9H2,1-4H3/t13-/m1/s1. The average Bonchev–Trinajstić information content (AvgIpc) is 2.96. The molecule has 1 saturated carbocycles. The third-order valence-corrected chi connectivity index (χ3v) is 5.64. The van der Waals surface area contributed by atoms with Crippen LogP contribution in [0.2, 0.25) is 0 Å². The number of rotatable bonds is 4. The molecule has 0 bridgehead atoms. The van der Waals surface area contributed by atoms with Crippen molar-refractivity contribution in [3.63, 3.8) is 0 Å². The number of nitrogens with zero attached hydrogens (tertiary/aromatic N) is 5. The van der Waals surface area contributed by atoms with E-state index in [0.29, 0.717) is 17.0 Å². The third-order valence-electron chi connectivity index (χ3n) is 4.70. The highest BCUT2D eigenvalue weighted by atomic mass is 32.2. The average molecular weight is 347 g/mol. The van der Waals surface area contributed by atoms with Crippen molar-refractivity contribution in [1.82, 2.24) is 24.5 Å². The van der Waals surface area contributed by atoms with Crippen LogP contribution >= 0.6 is 11.8 Å². The first-order valence-corrected chi connectivity index (χ1v) is 9.48. The summed E-state index contributed by atoms with van der Waals surface area (Å²) in [5.41, 5.74) is 1.92. The Kier molecular flexibility index (Phi) is 5.08. The normalized spacial score (nSPS) is 17.2. The van der Waals surface area contributed by atoms with Gasteiger partial charge in [0.05, 0.1) is 5.25 Å². The fourth-order valence-electron chi connectivity index (χ4n) is 3.34. The van der Waals surface area contributed by atoms with Gasteiger partial charge in [0.25, 0.3) is 5.78 Å². The topological polar surface area (TPSA) is 63.4 Å². The molecule has 1 amide bonds. The Hall–Kier alpha value is -1.63. The van der Waals surface area contributed by atoms with Crippen molar-refractivity contribution in [2.24, 2.45) is 0 Å². The number of fused-ring (bicyclic) bond motifs is 1. The largest absolute Gasteiger partial charge is 0.342 e. The highest BCUT2D eigenvalue weighted by Crippen LogP contribution is 2.26. The minimum Gasteiger partial charge on any atom is -0.342 e. The van der Waals surface area contributed by atoms with Gasteiger partial charge in [0.15, 0.2) is 0 Å². The molecule has 1 aliphatic rings. The molecule has 24 heavy (non-hydrogen) atoms. The van der Waals surface area contributed by atoms with E-state index in [1.54, 1.807) is 4.52 Å². The maximum absolute atomic E-state index is 12.7. The van der Waals surface area contributed by atoms with E-state index in [1.165, 1.54) is 31.0 Å². The number of carbonyl (C=O) groups excluding carboxylic acids is 1. The zero-order valence-corrected chi connectivity index (χ0v) is 15.6. The van der Waals surface area contributed by atoms with Crippen molar-refractivity contribution in [1.29, 1.82) is 0 Å². The molecule has 0 radical (unpaired) electrons. The maximum atomic E-state index is 12.7. The lowest BCUT2D eigenvalue weighted by molar-refractivity contribution is -0.131. The fourth-order valence-corrected chi connectivity index (χ4v) is 4.19. The van der Waals surface area contributed by atoms with E-state index in [0.717, 1.165) is 24.2 Å². The quantitative estimate of drug-likeness (QED) is 0.796. The number of carbonyl (C=O) groups is 1. The number of thioether (sulfide) groups is 1. The molecule has 2 aromatic rings. The van der Waals surface area contributed by atoms with Crippen LogP contribution in [0.5, 0.6) is 0 Å². The van der Waals surface area contributed by atoms with Crippen molar-refractivity contribution in [3.05, 3.63) is 17.5 Å². The molecular formula is C17H25N5OS. The van der Waals surface area contributed by atoms with Crippen molar-refractivity contribution < 1.29 is 4.79 Å². The van der Waals surface area contributed by atoms with Gasteiger partial charge in [0.2, 0.25) is 11.1 Å². The minimum absolute atomic E-state index is 0.159. The van der Waals surface area contributed by atoms with E-state index in [9.17, 15) is 4.79 Å². The summed E-state index contributed by atoms with van der Waals surface area (Å²) in [6, 6.07) is 2.36. The second-order valence-corrected chi connectivity index (χ2v) is 7.95. The summed E-state index contributed by atoms with van der Waals surface area (Å²) in [5, 5.41) is 4.89. The molecule has 0 spiro atoms. The second kappa shape index (κ2) is 7.09. The number of hydrogen-bond acceptors (Lipinski definition) is 5.